The van der Waals surface area contributed by atoms with Crippen molar-refractivity contribution >= 4 is 17.8 Å². The Morgan fingerprint density at radius 2 is 1.85 bits per heavy atom. The molecular weight excluding hydrogens is 336 g/mol. The van der Waals surface area contributed by atoms with E-state index in [2.05, 4.69) is 10.4 Å². The van der Waals surface area contributed by atoms with Crippen molar-refractivity contribution in [1.29, 1.82) is 0 Å². The van der Waals surface area contributed by atoms with E-state index in [1.54, 1.807) is 24.3 Å². The molecule has 3 rings (SSSR count). The summed E-state index contributed by atoms with van der Waals surface area (Å²) < 4.78 is 1.32. The van der Waals surface area contributed by atoms with Crippen LogP contribution in [0.1, 0.15) is 53.1 Å². The number of nitrogens with one attached hydrogen (secondary N) is 1. The largest absolute Gasteiger partial charge is 0.481 e. The summed E-state index contributed by atoms with van der Waals surface area (Å²) >= 11 is 0. The van der Waals surface area contributed by atoms with Crippen LogP contribution in [0, 0.1) is 0 Å². The van der Waals surface area contributed by atoms with E-state index in [-0.39, 0.29) is 17.8 Å². The Hall–Kier alpha value is -3.16. The molecular formula is C18H20N4O4. The van der Waals surface area contributed by atoms with Gasteiger partial charge >= 0.3 is 5.97 Å². The Bertz CT molecular complexity index is 838. The number of primary amides is 1. The molecule has 0 bridgehead atoms. The van der Waals surface area contributed by atoms with E-state index in [1.807, 2.05) is 6.07 Å². The molecule has 0 atom stereocenters. The fraction of sp³-hybridized carbons (Fsp3) is 0.333. The minimum atomic E-state index is -0.958. The van der Waals surface area contributed by atoms with Gasteiger partial charge in [-0.05, 0) is 25.0 Å². The summed E-state index contributed by atoms with van der Waals surface area (Å²) in [4.78, 5) is 35.6. The topological polar surface area (TPSA) is 127 Å². The Labute approximate surface area is 150 Å². The normalized spacial score (nSPS) is 15.5. The van der Waals surface area contributed by atoms with Crippen LogP contribution in [0.3, 0.4) is 0 Å². The number of benzene rings is 1. The number of hydrogen-bond donors (Lipinski definition) is 3. The predicted octanol–water partition coefficient (Wildman–Crippen LogP) is 1.49. The average molecular weight is 356 g/mol. The average Bonchev–Trinajstić information content (AvgIpc) is 3.22. The number of carbonyl (C=O) groups excluding carboxylic acids is 2. The fourth-order valence-electron chi connectivity index (χ4n) is 3.43. The van der Waals surface area contributed by atoms with Gasteiger partial charge in [0.05, 0.1) is 17.6 Å². The number of aromatic nitrogens is 2. The third-order valence-corrected chi connectivity index (χ3v) is 4.62. The molecule has 0 radical (unpaired) electrons. The summed E-state index contributed by atoms with van der Waals surface area (Å²) in [6, 6.07) is 10.2. The van der Waals surface area contributed by atoms with Gasteiger partial charge in [0, 0.05) is 6.07 Å². The summed E-state index contributed by atoms with van der Waals surface area (Å²) in [5.74, 6) is -2.17. The van der Waals surface area contributed by atoms with Crippen LogP contribution in [0.15, 0.2) is 36.4 Å². The molecule has 1 saturated carbocycles. The number of nitrogens with zero attached hydrogens (tertiary/aromatic N) is 2. The highest BCUT2D eigenvalue weighted by molar-refractivity contribution is 5.98. The first kappa shape index (κ1) is 17.7. The van der Waals surface area contributed by atoms with Gasteiger partial charge in [0.2, 0.25) is 0 Å². The molecule has 1 heterocycles. The number of amides is 2. The monoisotopic (exact) mass is 356 g/mol. The van der Waals surface area contributed by atoms with Crippen LogP contribution >= 0.6 is 0 Å². The van der Waals surface area contributed by atoms with Crippen molar-refractivity contribution < 1.29 is 19.5 Å². The van der Waals surface area contributed by atoms with Crippen LogP contribution in [-0.2, 0) is 4.79 Å². The Kier molecular flexibility index (Phi) is 4.75. The maximum Gasteiger partial charge on any atom is 0.305 e. The fourth-order valence-corrected chi connectivity index (χ4v) is 3.43. The quantitative estimate of drug-likeness (QED) is 0.722. The highest BCUT2D eigenvalue weighted by Gasteiger charge is 2.38. The zero-order chi connectivity index (χ0) is 18.7. The molecule has 0 unspecified atom stereocenters. The molecule has 0 spiro atoms. The van der Waals surface area contributed by atoms with Crippen molar-refractivity contribution in [3.05, 3.63) is 47.8 Å². The SMILES string of the molecule is NC(=O)c1cc(C(=O)NC2(CC(=O)O)CCCC2)nn1-c1ccccc1. The van der Waals surface area contributed by atoms with Gasteiger partial charge in [-0.15, -0.1) is 0 Å². The smallest absolute Gasteiger partial charge is 0.305 e. The zero-order valence-corrected chi connectivity index (χ0v) is 14.1. The number of carboxylic acids is 1. The van der Waals surface area contributed by atoms with E-state index >= 15 is 0 Å². The summed E-state index contributed by atoms with van der Waals surface area (Å²) in [6.07, 6.45) is 2.79. The third kappa shape index (κ3) is 3.58. The molecule has 4 N–H and O–H groups in total. The zero-order valence-electron chi connectivity index (χ0n) is 14.1. The number of carboxylic acid groups (broad SMARTS) is 1. The van der Waals surface area contributed by atoms with Crippen molar-refractivity contribution in [1.82, 2.24) is 15.1 Å². The van der Waals surface area contributed by atoms with Crippen molar-refractivity contribution in [2.24, 2.45) is 5.73 Å². The molecule has 136 valence electrons. The first-order valence-corrected chi connectivity index (χ1v) is 8.40. The minimum Gasteiger partial charge on any atom is -0.481 e. The minimum absolute atomic E-state index is 0.0271. The summed E-state index contributed by atoms with van der Waals surface area (Å²) in [7, 11) is 0. The van der Waals surface area contributed by atoms with E-state index in [0.29, 0.717) is 18.5 Å². The van der Waals surface area contributed by atoms with Crippen LogP contribution in [0.25, 0.3) is 5.69 Å². The molecule has 8 heteroatoms. The van der Waals surface area contributed by atoms with Crippen LogP contribution in [-0.4, -0.2) is 38.2 Å². The highest BCUT2D eigenvalue weighted by Crippen LogP contribution is 2.33. The highest BCUT2D eigenvalue weighted by atomic mass is 16.4. The Morgan fingerprint density at radius 1 is 1.19 bits per heavy atom. The Morgan fingerprint density at radius 3 is 2.42 bits per heavy atom. The van der Waals surface area contributed by atoms with Crippen LogP contribution in [0.4, 0.5) is 0 Å². The number of carbonyl (C=O) groups is 3. The van der Waals surface area contributed by atoms with Gasteiger partial charge in [-0.25, -0.2) is 4.68 Å². The lowest BCUT2D eigenvalue weighted by Gasteiger charge is -2.28. The van der Waals surface area contributed by atoms with Crippen molar-refractivity contribution in [2.45, 2.75) is 37.6 Å². The van der Waals surface area contributed by atoms with E-state index in [4.69, 9.17) is 10.8 Å². The molecule has 1 aliphatic rings. The third-order valence-electron chi connectivity index (χ3n) is 4.62. The van der Waals surface area contributed by atoms with Gasteiger partial charge in [0.15, 0.2) is 5.69 Å². The second kappa shape index (κ2) is 6.99. The maximum absolute atomic E-state index is 12.7. The number of hydrogen-bond acceptors (Lipinski definition) is 4. The molecule has 26 heavy (non-hydrogen) atoms. The van der Waals surface area contributed by atoms with Gasteiger partial charge in [-0.3, -0.25) is 14.4 Å². The molecule has 1 aromatic heterocycles. The van der Waals surface area contributed by atoms with Crippen molar-refractivity contribution in [3.63, 3.8) is 0 Å². The van der Waals surface area contributed by atoms with Gasteiger partial charge in [-0.2, -0.15) is 5.10 Å². The first-order valence-electron chi connectivity index (χ1n) is 8.40. The number of nitrogens with two attached hydrogens (primary N) is 1. The lowest BCUT2D eigenvalue weighted by molar-refractivity contribution is -0.138. The first-order chi connectivity index (χ1) is 12.4. The molecule has 2 amide bonds. The predicted molar refractivity (Wildman–Crippen MR) is 93.0 cm³/mol. The van der Waals surface area contributed by atoms with Gasteiger partial charge < -0.3 is 16.2 Å². The molecule has 1 fully saturated rings. The maximum atomic E-state index is 12.7. The summed E-state index contributed by atoms with van der Waals surface area (Å²) in [5, 5.41) is 16.2. The molecule has 2 aromatic rings. The molecule has 1 aromatic carbocycles. The molecule has 0 aliphatic heterocycles. The van der Waals surface area contributed by atoms with Gasteiger partial charge in [0.1, 0.15) is 5.69 Å². The van der Waals surface area contributed by atoms with Crippen molar-refractivity contribution in [3.8, 4) is 5.69 Å². The molecule has 8 nitrogen and oxygen atoms in total. The van der Waals surface area contributed by atoms with E-state index in [0.717, 1.165) is 12.8 Å². The van der Waals surface area contributed by atoms with Gasteiger partial charge in [-0.1, -0.05) is 31.0 Å². The van der Waals surface area contributed by atoms with Crippen LogP contribution < -0.4 is 11.1 Å². The van der Waals surface area contributed by atoms with E-state index in [9.17, 15) is 14.4 Å². The number of rotatable bonds is 6. The van der Waals surface area contributed by atoms with Gasteiger partial charge in [0.25, 0.3) is 11.8 Å². The van der Waals surface area contributed by atoms with E-state index < -0.39 is 23.3 Å². The number of aliphatic carboxylic acids is 1. The van der Waals surface area contributed by atoms with Crippen LogP contribution in [0.2, 0.25) is 0 Å². The van der Waals surface area contributed by atoms with E-state index in [1.165, 1.54) is 10.7 Å². The number of para-hydroxylation sites is 1. The summed E-state index contributed by atoms with van der Waals surface area (Å²) in [5.41, 5.74) is 5.35. The van der Waals surface area contributed by atoms with Crippen molar-refractivity contribution in [2.75, 3.05) is 0 Å². The second-order valence-corrected chi connectivity index (χ2v) is 6.54. The molecule has 0 saturated heterocycles. The second-order valence-electron chi connectivity index (χ2n) is 6.54. The van der Waals surface area contributed by atoms with Crippen LogP contribution in [0.5, 0.6) is 0 Å². The standard InChI is InChI=1S/C18H20N4O4/c19-16(25)14-10-13(21-22(14)12-6-2-1-3-7-12)17(26)20-18(11-15(23)24)8-4-5-9-18/h1-3,6-7,10H,4-5,8-9,11H2,(H2,19,25)(H,20,26)(H,23,24). The lowest BCUT2D eigenvalue weighted by atomic mass is 9.93. The Balaban J connectivity index is 1.90. The molecule has 1 aliphatic carbocycles. The lowest BCUT2D eigenvalue weighted by Crippen LogP contribution is -2.48. The summed E-state index contributed by atoms with van der Waals surface area (Å²) in [6.45, 7) is 0.